The number of ether oxygens (including phenoxy) is 3. The van der Waals surface area contributed by atoms with Gasteiger partial charge in [0.25, 0.3) is 5.56 Å². The monoisotopic (exact) mass is 357 g/mol. The number of anilines is 1. The number of carbonyl (C=O) groups is 1. The Bertz CT molecular complexity index is 1010. The number of hydrogen-bond acceptors (Lipinski definition) is 5. The van der Waals surface area contributed by atoms with Crippen molar-refractivity contribution in [1.29, 1.82) is 0 Å². The lowest BCUT2D eigenvalue weighted by atomic mass is 10.2. The Morgan fingerprint density at radius 3 is 2.50 bits per heavy atom. The number of carbonyl (C=O) groups excluding carboxylic acids is 1. The molecule has 0 aliphatic heterocycles. The highest BCUT2D eigenvalue weighted by Crippen LogP contribution is 2.29. The molecule has 0 aliphatic rings. The summed E-state index contributed by atoms with van der Waals surface area (Å²) in [6.45, 7) is -0.0422. The Labute approximate surface area is 149 Å². The van der Waals surface area contributed by atoms with Gasteiger partial charge in [-0.1, -0.05) is 0 Å². The van der Waals surface area contributed by atoms with Crippen LogP contribution in [0.5, 0.6) is 17.2 Å². The first-order chi connectivity index (χ1) is 12.5. The zero-order valence-electron chi connectivity index (χ0n) is 14.7. The highest BCUT2D eigenvalue weighted by Gasteiger charge is 2.12. The standard InChI is InChI=1S/C18H19N3O5/c1-24-12-5-6-14-13(9-12)18(23)20-21(14)10-17(22)19-11-4-7-15(25-2)16(8-11)26-3/h4-9H,10H2,1-3H3,(H,19,22)(H,20,23). The van der Waals surface area contributed by atoms with Gasteiger partial charge in [-0.25, -0.2) is 0 Å². The lowest BCUT2D eigenvalue weighted by Gasteiger charge is -2.11. The minimum atomic E-state index is -0.291. The molecule has 0 spiro atoms. The summed E-state index contributed by atoms with van der Waals surface area (Å²) in [7, 11) is 4.59. The molecule has 26 heavy (non-hydrogen) atoms. The molecule has 2 N–H and O–H groups in total. The molecule has 2 aromatic carbocycles. The van der Waals surface area contributed by atoms with Gasteiger partial charge in [-0.05, 0) is 30.3 Å². The first kappa shape index (κ1) is 17.4. The lowest BCUT2D eigenvalue weighted by Crippen LogP contribution is -2.20. The lowest BCUT2D eigenvalue weighted by molar-refractivity contribution is -0.116. The van der Waals surface area contributed by atoms with Crippen molar-refractivity contribution < 1.29 is 19.0 Å². The summed E-state index contributed by atoms with van der Waals surface area (Å²) in [4.78, 5) is 24.4. The van der Waals surface area contributed by atoms with Gasteiger partial charge in [0.2, 0.25) is 5.91 Å². The van der Waals surface area contributed by atoms with Gasteiger partial charge >= 0.3 is 0 Å². The van der Waals surface area contributed by atoms with Crippen molar-refractivity contribution in [3.05, 3.63) is 46.8 Å². The molecule has 0 atom stereocenters. The molecule has 0 saturated carbocycles. The second kappa shape index (κ2) is 7.22. The van der Waals surface area contributed by atoms with Gasteiger partial charge in [0.1, 0.15) is 12.3 Å². The fourth-order valence-electron chi connectivity index (χ4n) is 2.69. The van der Waals surface area contributed by atoms with E-state index in [1.807, 2.05) is 0 Å². The molecule has 0 aliphatic carbocycles. The summed E-state index contributed by atoms with van der Waals surface area (Å²) in [5, 5.41) is 5.89. The molecule has 0 saturated heterocycles. The van der Waals surface area contributed by atoms with E-state index in [1.165, 1.54) is 18.9 Å². The summed E-state index contributed by atoms with van der Waals surface area (Å²) < 4.78 is 17.0. The van der Waals surface area contributed by atoms with E-state index in [9.17, 15) is 9.59 Å². The molecular weight excluding hydrogens is 338 g/mol. The molecule has 0 radical (unpaired) electrons. The maximum absolute atomic E-state index is 12.4. The molecule has 8 nitrogen and oxygen atoms in total. The second-order valence-electron chi connectivity index (χ2n) is 5.53. The molecule has 3 rings (SSSR count). The first-order valence-corrected chi connectivity index (χ1v) is 7.84. The van der Waals surface area contributed by atoms with Crippen molar-refractivity contribution in [1.82, 2.24) is 9.78 Å². The number of nitrogens with zero attached hydrogens (tertiary/aromatic N) is 1. The quantitative estimate of drug-likeness (QED) is 0.704. The molecule has 136 valence electrons. The third-order valence-corrected chi connectivity index (χ3v) is 3.94. The molecule has 1 heterocycles. The highest BCUT2D eigenvalue weighted by atomic mass is 16.5. The average molecular weight is 357 g/mol. The Hall–Kier alpha value is -3.42. The van der Waals surface area contributed by atoms with Crippen LogP contribution in [0.4, 0.5) is 5.69 Å². The Morgan fingerprint density at radius 2 is 1.81 bits per heavy atom. The van der Waals surface area contributed by atoms with E-state index in [-0.39, 0.29) is 18.0 Å². The summed E-state index contributed by atoms with van der Waals surface area (Å²) >= 11 is 0. The predicted molar refractivity (Wildman–Crippen MR) is 97.3 cm³/mol. The number of amides is 1. The topological polar surface area (TPSA) is 94.6 Å². The van der Waals surface area contributed by atoms with Crippen molar-refractivity contribution in [2.75, 3.05) is 26.6 Å². The summed E-state index contributed by atoms with van der Waals surface area (Å²) in [6.07, 6.45) is 0. The number of H-pyrrole nitrogens is 1. The van der Waals surface area contributed by atoms with Gasteiger partial charge in [-0.2, -0.15) is 0 Å². The third-order valence-electron chi connectivity index (χ3n) is 3.94. The number of nitrogens with one attached hydrogen (secondary N) is 2. The van der Waals surface area contributed by atoms with Crippen LogP contribution in [0.25, 0.3) is 10.9 Å². The Morgan fingerprint density at radius 1 is 1.04 bits per heavy atom. The molecule has 1 aromatic heterocycles. The smallest absolute Gasteiger partial charge is 0.272 e. The van der Waals surface area contributed by atoms with E-state index < -0.39 is 0 Å². The normalized spacial score (nSPS) is 10.6. The Balaban J connectivity index is 1.80. The number of fused-ring (bicyclic) bond motifs is 1. The number of aromatic amines is 1. The second-order valence-corrected chi connectivity index (χ2v) is 5.53. The third kappa shape index (κ3) is 3.34. The maximum atomic E-state index is 12.4. The van der Waals surface area contributed by atoms with Gasteiger partial charge in [-0.3, -0.25) is 19.4 Å². The van der Waals surface area contributed by atoms with E-state index in [4.69, 9.17) is 14.2 Å². The number of rotatable bonds is 6. The van der Waals surface area contributed by atoms with E-state index in [0.29, 0.717) is 33.8 Å². The average Bonchev–Trinajstić information content (AvgIpc) is 2.96. The number of hydrogen-bond donors (Lipinski definition) is 2. The van der Waals surface area contributed by atoms with Crippen molar-refractivity contribution in [3.8, 4) is 17.2 Å². The van der Waals surface area contributed by atoms with Crippen LogP contribution >= 0.6 is 0 Å². The molecule has 0 unspecified atom stereocenters. The van der Waals surface area contributed by atoms with Crippen molar-refractivity contribution in [3.63, 3.8) is 0 Å². The zero-order chi connectivity index (χ0) is 18.7. The van der Waals surface area contributed by atoms with Crippen LogP contribution in [0, 0.1) is 0 Å². The molecule has 0 bridgehead atoms. The van der Waals surface area contributed by atoms with Crippen LogP contribution in [-0.2, 0) is 11.3 Å². The summed E-state index contributed by atoms with van der Waals surface area (Å²) in [5.74, 6) is 1.37. The van der Waals surface area contributed by atoms with Gasteiger partial charge in [-0.15, -0.1) is 0 Å². The van der Waals surface area contributed by atoms with Gasteiger partial charge in [0.15, 0.2) is 11.5 Å². The first-order valence-electron chi connectivity index (χ1n) is 7.84. The van der Waals surface area contributed by atoms with Gasteiger partial charge in [0, 0.05) is 11.8 Å². The molecule has 8 heteroatoms. The molecule has 1 amide bonds. The minimum Gasteiger partial charge on any atom is -0.497 e. The maximum Gasteiger partial charge on any atom is 0.272 e. The Kier molecular flexibility index (Phi) is 4.83. The number of methoxy groups -OCH3 is 3. The SMILES string of the molecule is COc1ccc2c(c1)c(=O)[nH]n2CC(=O)Nc1ccc(OC)c(OC)c1. The van der Waals surface area contributed by atoms with E-state index >= 15 is 0 Å². The summed E-state index contributed by atoms with van der Waals surface area (Å²) in [5.41, 5.74) is 0.907. The minimum absolute atomic E-state index is 0.0422. The van der Waals surface area contributed by atoms with Gasteiger partial charge < -0.3 is 19.5 Å². The van der Waals surface area contributed by atoms with E-state index in [2.05, 4.69) is 10.4 Å². The largest absolute Gasteiger partial charge is 0.497 e. The van der Waals surface area contributed by atoms with E-state index in [1.54, 1.807) is 43.5 Å². The van der Waals surface area contributed by atoms with Crippen LogP contribution in [0.15, 0.2) is 41.2 Å². The zero-order valence-corrected chi connectivity index (χ0v) is 14.7. The summed E-state index contributed by atoms with van der Waals surface area (Å²) in [6, 6.07) is 10.2. The fourth-order valence-corrected chi connectivity index (χ4v) is 2.69. The van der Waals surface area contributed by atoms with Crippen LogP contribution in [-0.4, -0.2) is 37.0 Å². The highest BCUT2D eigenvalue weighted by molar-refractivity contribution is 5.92. The van der Waals surface area contributed by atoms with Crippen molar-refractivity contribution in [2.45, 2.75) is 6.54 Å². The van der Waals surface area contributed by atoms with Crippen molar-refractivity contribution in [2.24, 2.45) is 0 Å². The van der Waals surface area contributed by atoms with Gasteiger partial charge in [0.05, 0.1) is 32.2 Å². The van der Waals surface area contributed by atoms with Crippen molar-refractivity contribution >= 4 is 22.5 Å². The van der Waals surface area contributed by atoms with Crippen LogP contribution < -0.4 is 25.1 Å². The number of benzene rings is 2. The van der Waals surface area contributed by atoms with E-state index in [0.717, 1.165) is 0 Å². The molecule has 3 aromatic rings. The van der Waals surface area contributed by atoms with Crippen LogP contribution in [0.3, 0.4) is 0 Å². The predicted octanol–water partition coefficient (Wildman–Crippen LogP) is 1.99. The van der Waals surface area contributed by atoms with Crippen LogP contribution in [0.1, 0.15) is 0 Å². The number of aromatic nitrogens is 2. The molecule has 0 fully saturated rings. The molecular formula is C18H19N3O5. The van der Waals surface area contributed by atoms with Crippen LogP contribution in [0.2, 0.25) is 0 Å². The fraction of sp³-hybridized carbons (Fsp3) is 0.222.